The third-order valence-electron chi connectivity index (χ3n) is 6.17. The zero-order chi connectivity index (χ0) is 25.0. The summed E-state index contributed by atoms with van der Waals surface area (Å²) in [6.07, 6.45) is 1.84. The first-order chi connectivity index (χ1) is 16.9. The molecule has 0 aliphatic carbocycles. The molecule has 3 rings (SSSR count). The van der Waals surface area contributed by atoms with Crippen LogP contribution in [0.5, 0.6) is 0 Å². The summed E-state index contributed by atoms with van der Waals surface area (Å²) >= 11 is 0. The summed E-state index contributed by atoms with van der Waals surface area (Å²) in [5, 5.41) is 12.5. The lowest BCUT2D eigenvalue weighted by Gasteiger charge is -2.24. The van der Waals surface area contributed by atoms with Gasteiger partial charge in [-0.25, -0.2) is 4.79 Å². The van der Waals surface area contributed by atoms with E-state index in [1.54, 1.807) is 0 Å². The van der Waals surface area contributed by atoms with Crippen LogP contribution in [0.3, 0.4) is 0 Å². The largest absolute Gasteiger partial charge is 0.480 e. The summed E-state index contributed by atoms with van der Waals surface area (Å²) in [4.78, 5) is 37.6. The van der Waals surface area contributed by atoms with Gasteiger partial charge in [0.1, 0.15) is 6.04 Å². The van der Waals surface area contributed by atoms with Crippen molar-refractivity contribution in [3.63, 3.8) is 0 Å². The molecular weight excluding hydrogens is 440 g/mol. The molecule has 182 valence electrons. The lowest BCUT2D eigenvalue weighted by Crippen LogP contribution is -2.45. The summed E-state index contributed by atoms with van der Waals surface area (Å²) in [5.41, 5.74) is 8.62. The van der Waals surface area contributed by atoms with Gasteiger partial charge in [-0.2, -0.15) is 0 Å². The topological polar surface area (TPSA) is 109 Å². The van der Waals surface area contributed by atoms with Crippen LogP contribution in [0.15, 0.2) is 91.0 Å². The zero-order valence-electron chi connectivity index (χ0n) is 19.7. The van der Waals surface area contributed by atoms with Gasteiger partial charge in [-0.05, 0) is 48.8 Å². The Morgan fingerprint density at radius 3 is 1.63 bits per heavy atom. The second-order valence-electron chi connectivity index (χ2n) is 8.84. The predicted octanol–water partition coefficient (Wildman–Crippen LogP) is 3.78. The molecule has 0 aliphatic heterocycles. The molecule has 3 aromatic rings. The molecular formula is C29H32N2O4. The second-order valence-corrected chi connectivity index (χ2v) is 8.84. The van der Waals surface area contributed by atoms with Crippen molar-refractivity contribution in [1.82, 2.24) is 5.32 Å². The van der Waals surface area contributed by atoms with Crippen LogP contribution in [0.1, 0.15) is 29.5 Å². The van der Waals surface area contributed by atoms with Gasteiger partial charge in [0, 0.05) is 11.8 Å². The van der Waals surface area contributed by atoms with Crippen molar-refractivity contribution in [2.24, 2.45) is 17.6 Å². The van der Waals surface area contributed by atoms with Crippen LogP contribution in [-0.4, -0.2) is 28.9 Å². The van der Waals surface area contributed by atoms with Crippen molar-refractivity contribution in [2.75, 3.05) is 0 Å². The number of nitrogens with one attached hydrogen (secondary N) is 1. The molecule has 0 aromatic heterocycles. The van der Waals surface area contributed by atoms with Crippen molar-refractivity contribution >= 4 is 17.8 Å². The summed E-state index contributed by atoms with van der Waals surface area (Å²) < 4.78 is 0. The Balaban J connectivity index is 1.75. The van der Waals surface area contributed by atoms with Crippen LogP contribution < -0.4 is 11.1 Å². The Morgan fingerprint density at radius 1 is 0.714 bits per heavy atom. The average Bonchev–Trinajstić information content (AvgIpc) is 2.87. The van der Waals surface area contributed by atoms with Crippen molar-refractivity contribution < 1.29 is 19.5 Å². The number of amides is 2. The minimum atomic E-state index is -1.08. The minimum absolute atomic E-state index is 0.232. The lowest BCUT2D eigenvalue weighted by molar-refractivity contribution is -0.143. The molecule has 0 spiro atoms. The number of carbonyl (C=O) groups is 3. The van der Waals surface area contributed by atoms with Crippen LogP contribution in [0.4, 0.5) is 0 Å². The molecule has 6 nitrogen and oxygen atoms in total. The highest BCUT2D eigenvalue weighted by atomic mass is 16.4. The highest BCUT2D eigenvalue weighted by Crippen LogP contribution is 2.22. The fourth-order valence-electron chi connectivity index (χ4n) is 4.23. The maximum atomic E-state index is 13.4. The molecule has 2 amide bonds. The SMILES string of the molecule is NC(=O)[C@H](Cc1ccccc1)C[C@@H](Cc1ccccc1)C(=O)N[C@@H](CCc1ccccc1)C(=O)O. The quantitative estimate of drug-likeness (QED) is 0.352. The van der Waals surface area contributed by atoms with Crippen molar-refractivity contribution in [1.29, 1.82) is 0 Å². The molecule has 0 heterocycles. The van der Waals surface area contributed by atoms with Gasteiger partial charge in [-0.3, -0.25) is 9.59 Å². The van der Waals surface area contributed by atoms with E-state index in [-0.39, 0.29) is 18.7 Å². The highest BCUT2D eigenvalue weighted by Gasteiger charge is 2.29. The smallest absolute Gasteiger partial charge is 0.326 e. The predicted molar refractivity (Wildman–Crippen MR) is 135 cm³/mol. The number of carboxylic acids is 1. The number of benzene rings is 3. The first kappa shape index (κ1) is 25.7. The van der Waals surface area contributed by atoms with E-state index < -0.39 is 29.8 Å². The van der Waals surface area contributed by atoms with Gasteiger partial charge in [-0.1, -0.05) is 91.0 Å². The van der Waals surface area contributed by atoms with Crippen LogP contribution in [0.25, 0.3) is 0 Å². The fourth-order valence-corrected chi connectivity index (χ4v) is 4.23. The van der Waals surface area contributed by atoms with Crippen molar-refractivity contribution in [3.05, 3.63) is 108 Å². The zero-order valence-corrected chi connectivity index (χ0v) is 19.7. The summed E-state index contributed by atoms with van der Waals surface area (Å²) in [5.74, 6) is -3.09. The van der Waals surface area contributed by atoms with Gasteiger partial charge in [-0.15, -0.1) is 0 Å². The van der Waals surface area contributed by atoms with Gasteiger partial charge >= 0.3 is 5.97 Å². The molecule has 6 heteroatoms. The molecule has 0 saturated carbocycles. The van der Waals surface area contributed by atoms with E-state index in [0.29, 0.717) is 19.3 Å². The third-order valence-corrected chi connectivity index (χ3v) is 6.17. The number of primary amides is 1. The molecule has 35 heavy (non-hydrogen) atoms. The maximum Gasteiger partial charge on any atom is 0.326 e. The number of aliphatic carboxylic acids is 1. The lowest BCUT2D eigenvalue weighted by atomic mass is 9.85. The molecule has 0 radical (unpaired) electrons. The number of hydrogen-bond donors (Lipinski definition) is 3. The summed E-state index contributed by atoms with van der Waals surface area (Å²) in [6, 6.07) is 27.6. The van der Waals surface area contributed by atoms with E-state index in [9.17, 15) is 19.5 Å². The number of aryl methyl sites for hydroxylation is 1. The molecule has 3 aromatic carbocycles. The monoisotopic (exact) mass is 472 g/mol. The fraction of sp³-hybridized carbons (Fsp3) is 0.276. The number of carboxylic acid groups (broad SMARTS) is 1. The normalized spacial score (nSPS) is 13.4. The van der Waals surface area contributed by atoms with E-state index in [2.05, 4.69) is 5.32 Å². The van der Waals surface area contributed by atoms with E-state index in [0.717, 1.165) is 16.7 Å². The van der Waals surface area contributed by atoms with Crippen LogP contribution in [-0.2, 0) is 33.6 Å². The van der Waals surface area contributed by atoms with E-state index in [4.69, 9.17) is 5.73 Å². The number of rotatable bonds is 13. The molecule has 0 unspecified atom stereocenters. The Kier molecular flexibility index (Phi) is 9.60. The van der Waals surface area contributed by atoms with Gasteiger partial charge in [0.25, 0.3) is 0 Å². The molecule has 4 N–H and O–H groups in total. The van der Waals surface area contributed by atoms with Gasteiger partial charge < -0.3 is 16.2 Å². The molecule has 0 bridgehead atoms. The average molecular weight is 473 g/mol. The van der Waals surface area contributed by atoms with Gasteiger partial charge in [0.15, 0.2) is 0 Å². The maximum absolute atomic E-state index is 13.4. The molecule has 0 aliphatic rings. The standard InChI is InChI=1S/C29H32N2O4/c30-27(32)24(18-22-12-6-2-7-13-22)20-25(19-23-14-8-3-9-15-23)28(33)31-26(29(34)35)17-16-21-10-4-1-5-11-21/h1-15,24-26H,16-20H2,(H2,30,32)(H,31,33)(H,34,35)/t24-,25-,26+/m1/s1. The van der Waals surface area contributed by atoms with E-state index >= 15 is 0 Å². The van der Waals surface area contributed by atoms with E-state index in [1.807, 2.05) is 91.0 Å². The van der Waals surface area contributed by atoms with Gasteiger partial charge in [0.05, 0.1) is 0 Å². The van der Waals surface area contributed by atoms with Gasteiger partial charge in [0.2, 0.25) is 11.8 Å². The van der Waals surface area contributed by atoms with E-state index in [1.165, 1.54) is 0 Å². The number of nitrogens with two attached hydrogens (primary N) is 1. The Morgan fingerprint density at radius 2 is 1.17 bits per heavy atom. The number of hydrogen-bond acceptors (Lipinski definition) is 3. The summed E-state index contributed by atoms with van der Waals surface area (Å²) in [6.45, 7) is 0. The minimum Gasteiger partial charge on any atom is -0.480 e. The number of carbonyl (C=O) groups excluding carboxylic acids is 2. The Labute approximate surface area is 206 Å². The first-order valence-electron chi connectivity index (χ1n) is 11.9. The molecule has 0 fully saturated rings. The summed E-state index contributed by atoms with van der Waals surface area (Å²) in [7, 11) is 0. The third kappa shape index (κ3) is 8.41. The van der Waals surface area contributed by atoms with Crippen molar-refractivity contribution in [3.8, 4) is 0 Å². The molecule has 3 atom stereocenters. The second kappa shape index (κ2) is 13.1. The van der Waals surface area contributed by atoms with Crippen LogP contribution in [0, 0.1) is 11.8 Å². The molecule has 0 saturated heterocycles. The van der Waals surface area contributed by atoms with Crippen LogP contribution >= 0.6 is 0 Å². The van der Waals surface area contributed by atoms with Crippen molar-refractivity contribution in [2.45, 2.75) is 38.1 Å². The Bertz CT molecular complexity index is 1090. The highest BCUT2D eigenvalue weighted by molar-refractivity contribution is 5.86. The first-order valence-corrected chi connectivity index (χ1v) is 11.9. The Hall–Kier alpha value is -3.93. The van der Waals surface area contributed by atoms with Crippen LogP contribution in [0.2, 0.25) is 0 Å².